The molecule has 5 rings (SSSR count). The molecule has 0 aliphatic carbocycles. The van der Waals surface area contributed by atoms with Crippen LogP contribution in [0.15, 0.2) is 72.1 Å². The number of halogens is 1. The van der Waals surface area contributed by atoms with Crippen LogP contribution in [0.4, 0.5) is 11.6 Å². The maximum atomic E-state index is 13.1. The fraction of sp³-hybridized carbons (Fsp3) is 0.192. The number of hydrogen-bond acceptors (Lipinski definition) is 6. The molecule has 2 amide bonds. The smallest absolute Gasteiger partial charge is 0.272 e. The summed E-state index contributed by atoms with van der Waals surface area (Å²) >= 11 is 3.58. The molecule has 0 saturated carbocycles. The van der Waals surface area contributed by atoms with Crippen molar-refractivity contribution >= 4 is 50.3 Å². The lowest BCUT2D eigenvalue weighted by Crippen LogP contribution is -2.45. The highest BCUT2D eigenvalue weighted by atomic mass is 79.9. The zero-order valence-corrected chi connectivity index (χ0v) is 21.0. The lowest BCUT2D eigenvalue weighted by atomic mass is 10.1. The number of fused-ring (bicyclic) bond motifs is 1. The van der Waals surface area contributed by atoms with E-state index in [0.29, 0.717) is 30.4 Å². The standard InChI is InChI=1S/C26H24BrN7O2/c1-2-23(35)31-16-9-10-22(28-12-16)25(36)34-11-5-6-17(15-34)32-26-30-14-20(27)24(33-26)19-13-29-21-8-4-3-7-18(19)21/h2-4,7-10,12-14,17,29H,1,5-6,11,15H2,(H,31,35)(H,30,32,33). The number of hydrogen-bond donors (Lipinski definition) is 3. The number of benzene rings is 1. The van der Waals surface area contributed by atoms with Crippen molar-refractivity contribution in [1.82, 2.24) is 24.8 Å². The first-order valence-corrected chi connectivity index (χ1v) is 12.4. The normalized spacial score (nSPS) is 15.5. The summed E-state index contributed by atoms with van der Waals surface area (Å²) in [5, 5.41) is 7.12. The van der Waals surface area contributed by atoms with Crippen LogP contribution < -0.4 is 10.6 Å². The molecule has 1 fully saturated rings. The summed E-state index contributed by atoms with van der Waals surface area (Å²) in [6, 6.07) is 11.4. The van der Waals surface area contributed by atoms with E-state index in [1.807, 2.05) is 24.4 Å². The quantitative estimate of drug-likeness (QED) is 0.304. The molecule has 1 saturated heterocycles. The number of pyridine rings is 1. The Balaban J connectivity index is 1.28. The van der Waals surface area contributed by atoms with Crippen molar-refractivity contribution in [2.24, 2.45) is 0 Å². The Morgan fingerprint density at radius 2 is 2.03 bits per heavy atom. The molecule has 1 atom stereocenters. The third-order valence-corrected chi connectivity index (χ3v) is 6.65. The summed E-state index contributed by atoms with van der Waals surface area (Å²) in [5.74, 6) is 0.0290. The largest absolute Gasteiger partial charge is 0.360 e. The van der Waals surface area contributed by atoms with Gasteiger partial charge >= 0.3 is 0 Å². The van der Waals surface area contributed by atoms with E-state index >= 15 is 0 Å². The highest BCUT2D eigenvalue weighted by Crippen LogP contribution is 2.32. The molecule has 1 unspecified atom stereocenters. The molecule has 0 spiro atoms. The molecule has 1 aliphatic heterocycles. The second-order valence-corrected chi connectivity index (χ2v) is 9.35. The van der Waals surface area contributed by atoms with Gasteiger partial charge < -0.3 is 20.5 Å². The van der Waals surface area contributed by atoms with Gasteiger partial charge in [-0.2, -0.15) is 0 Å². The van der Waals surface area contributed by atoms with E-state index in [9.17, 15) is 9.59 Å². The molecule has 9 nitrogen and oxygen atoms in total. The van der Waals surface area contributed by atoms with Gasteiger partial charge in [-0.1, -0.05) is 24.8 Å². The number of anilines is 2. The fourth-order valence-electron chi connectivity index (χ4n) is 4.30. The van der Waals surface area contributed by atoms with Gasteiger partial charge in [0.1, 0.15) is 5.69 Å². The molecule has 4 aromatic rings. The molecule has 1 aromatic carbocycles. The molecule has 0 radical (unpaired) electrons. The van der Waals surface area contributed by atoms with Gasteiger partial charge in [-0.05, 0) is 53.0 Å². The number of H-pyrrole nitrogens is 1. The number of rotatable bonds is 6. The maximum absolute atomic E-state index is 13.1. The number of para-hydroxylation sites is 1. The lowest BCUT2D eigenvalue weighted by Gasteiger charge is -2.33. The van der Waals surface area contributed by atoms with Crippen LogP contribution in [-0.2, 0) is 4.79 Å². The van der Waals surface area contributed by atoms with Crippen LogP contribution in [0, 0.1) is 0 Å². The van der Waals surface area contributed by atoms with Crippen molar-refractivity contribution in [3.05, 3.63) is 77.8 Å². The zero-order chi connectivity index (χ0) is 25.1. The zero-order valence-electron chi connectivity index (χ0n) is 19.4. The number of nitrogens with one attached hydrogen (secondary N) is 3. The number of aromatic nitrogens is 4. The molecule has 3 N–H and O–H groups in total. The first kappa shape index (κ1) is 23.7. The Hall–Kier alpha value is -4.05. The monoisotopic (exact) mass is 545 g/mol. The summed E-state index contributed by atoms with van der Waals surface area (Å²) in [4.78, 5) is 43.0. The van der Waals surface area contributed by atoms with E-state index < -0.39 is 0 Å². The number of carbonyl (C=O) groups excluding carboxylic acids is 2. The second kappa shape index (κ2) is 10.3. The molecule has 1 aliphatic rings. The third kappa shape index (κ3) is 4.99. The van der Waals surface area contributed by atoms with Crippen LogP contribution >= 0.6 is 15.9 Å². The van der Waals surface area contributed by atoms with Crippen molar-refractivity contribution in [3.63, 3.8) is 0 Å². The van der Waals surface area contributed by atoms with E-state index in [1.165, 1.54) is 12.3 Å². The molecule has 3 aromatic heterocycles. The molecule has 182 valence electrons. The Kier molecular flexibility index (Phi) is 6.77. The van der Waals surface area contributed by atoms with Crippen LogP contribution in [-0.4, -0.2) is 55.8 Å². The van der Waals surface area contributed by atoms with Gasteiger partial charge in [-0.15, -0.1) is 0 Å². The number of carbonyl (C=O) groups is 2. The topological polar surface area (TPSA) is 116 Å². The van der Waals surface area contributed by atoms with E-state index in [2.05, 4.69) is 54.2 Å². The number of nitrogens with zero attached hydrogens (tertiary/aromatic N) is 4. The van der Waals surface area contributed by atoms with Crippen LogP contribution in [0.5, 0.6) is 0 Å². The number of piperidine rings is 1. The Morgan fingerprint density at radius 1 is 1.17 bits per heavy atom. The molecule has 10 heteroatoms. The van der Waals surface area contributed by atoms with Gasteiger partial charge in [0.25, 0.3) is 5.91 Å². The summed E-state index contributed by atoms with van der Waals surface area (Å²) in [7, 11) is 0. The first-order valence-electron chi connectivity index (χ1n) is 11.6. The Labute approximate surface area is 216 Å². The van der Waals surface area contributed by atoms with Crippen molar-refractivity contribution in [2.75, 3.05) is 23.7 Å². The van der Waals surface area contributed by atoms with Gasteiger partial charge in [0.05, 0.1) is 22.1 Å². The molecule has 4 heterocycles. The van der Waals surface area contributed by atoms with Crippen LogP contribution in [0.2, 0.25) is 0 Å². The predicted molar refractivity (Wildman–Crippen MR) is 143 cm³/mol. The number of amides is 2. The van der Waals surface area contributed by atoms with E-state index in [-0.39, 0.29) is 17.9 Å². The van der Waals surface area contributed by atoms with Gasteiger partial charge in [-0.3, -0.25) is 9.59 Å². The van der Waals surface area contributed by atoms with Gasteiger partial charge in [0.2, 0.25) is 11.9 Å². The summed E-state index contributed by atoms with van der Waals surface area (Å²) in [5.41, 5.74) is 3.66. The Bertz CT molecular complexity index is 1430. The third-order valence-electron chi connectivity index (χ3n) is 6.07. The number of likely N-dealkylation sites (tertiary alicyclic amines) is 1. The van der Waals surface area contributed by atoms with Crippen LogP contribution in [0.25, 0.3) is 22.2 Å². The number of aromatic amines is 1. The average Bonchev–Trinajstić information content (AvgIpc) is 3.34. The summed E-state index contributed by atoms with van der Waals surface area (Å²) in [6.07, 6.45) is 8.08. The summed E-state index contributed by atoms with van der Waals surface area (Å²) < 4.78 is 0.803. The highest BCUT2D eigenvalue weighted by Gasteiger charge is 2.26. The first-order chi connectivity index (χ1) is 17.5. The van der Waals surface area contributed by atoms with Crippen molar-refractivity contribution in [2.45, 2.75) is 18.9 Å². The van der Waals surface area contributed by atoms with Gasteiger partial charge in [0, 0.05) is 48.0 Å². The van der Waals surface area contributed by atoms with E-state index in [4.69, 9.17) is 4.98 Å². The minimum atomic E-state index is -0.330. The Morgan fingerprint density at radius 3 is 2.83 bits per heavy atom. The minimum absolute atomic E-state index is 0.00541. The van der Waals surface area contributed by atoms with Crippen LogP contribution in [0.1, 0.15) is 23.3 Å². The van der Waals surface area contributed by atoms with E-state index in [0.717, 1.165) is 39.5 Å². The molecular formula is C26H24BrN7O2. The SMILES string of the molecule is C=CC(=O)Nc1ccc(C(=O)N2CCCC(Nc3ncc(Br)c(-c4c[nH]c5ccccc45)n3)C2)nc1. The average molecular weight is 546 g/mol. The van der Waals surface area contributed by atoms with Crippen molar-refractivity contribution in [1.29, 1.82) is 0 Å². The van der Waals surface area contributed by atoms with Crippen LogP contribution in [0.3, 0.4) is 0 Å². The lowest BCUT2D eigenvalue weighted by molar-refractivity contribution is -0.111. The highest BCUT2D eigenvalue weighted by molar-refractivity contribution is 9.10. The predicted octanol–water partition coefficient (Wildman–Crippen LogP) is 4.62. The van der Waals surface area contributed by atoms with Gasteiger partial charge in [0.15, 0.2) is 0 Å². The van der Waals surface area contributed by atoms with Gasteiger partial charge in [-0.25, -0.2) is 15.0 Å². The second-order valence-electron chi connectivity index (χ2n) is 8.50. The molecular weight excluding hydrogens is 522 g/mol. The summed E-state index contributed by atoms with van der Waals surface area (Å²) in [6.45, 7) is 4.58. The molecule has 0 bridgehead atoms. The maximum Gasteiger partial charge on any atom is 0.272 e. The van der Waals surface area contributed by atoms with E-state index in [1.54, 1.807) is 23.2 Å². The minimum Gasteiger partial charge on any atom is -0.360 e. The fourth-order valence-corrected chi connectivity index (χ4v) is 4.71. The van der Waals surface area contributed by atoms with Crippen molar-refractivity contribution < 1.29 is 9.59 Å². The van der Waals surface area contributed by atoms with Crippen molar-refractivity contribution in [3.8, 4) is 11.3 Å². The molecule has 36 heavy (non-hydrogen) atoms.